The van der Waals surface area contributed by atoms with E-state index in [9.17, 15) is 4.79 Å². The molecule has 0 unspecified atom stereocenters. The van der Waals surface area contributed by atoms with Crippen molar-refractivity contribution in [3.8, 4) is 6.07 Å². The van der Waals surface area contributed by atoms with Gasteiger partial charge in [-0.1, -0.05) is 26.0 Å². The minimum Gasteiger partial charge on any atom is -0.292 e. The van der Waals surface area contributed by atoms with E-state index < -0.39 is 5.41 Å². The molecule has 0 N–H and O–H groups in total. The highest BCUT2D eigenvalue weighted by Gasteiger charge is 2.50. The molecule has 1 aliphatic carbocycles. The van der Waals surface area contributed by atoms with Crippen LogP contribution in [0, 0.1) is 23.7 Å². The summed E-state index contributed by atoms with van der Waals surface area (Å²) in [6, 6.07) is 8.18. The predicted octanol–water partition coefficient (Wildman–Crippen LogP) is 3.60. The van der Waals surface area contributed by atoms with Crippen LogP contribution in [0.15, 0.2) is 18.2 Å². The second-order valence-corrected chi connectivity index (χ2v) is 5.25. The van der Waals surface area contributed by atoms with Crippen LogP contribution in [0.2, 0.25) is 0 Å². The summed E-state index contributed by atoms with van der Waals surface area (Å²) in [6.07, 6.45) is 1.43. The Morgan fingerprint density at radius 2 is 2.06 bits per heavy atom. The third kappa shape index (κ3) is 1.98. The Labute approximate surface area is 102 Å². The summed E-state index contributed by atoms with van der Waals surface area (Å²) in [5.74, 6) is 0.416. The van der Waals surface area contributed by atoms with Gasteiger partial charge in [-0.2, -0.15) is 5.26 Å². The Morgan fingerprint density at radius 3 is 2.53 bits per heavy atom. The van der Waals surface area contributed by atoms with Gasteiger partial charge in [0.25, 0.3) is 0 Å². The maximum atomic E-state index is 12.3. The third-order valence-corrected chi connectivity index (χ3v) is 3.57. The predicted molar refractivity (Wildman–Crippen MR) is 66.9 cm³/mol. The number of ketones is 1. The van der Waals surface area contributed by atoms with E-state index in [0.717, 1.165) is 16.7 Å². The van der Waals surface area contributed by atoms with E-state index in [0.29, 0.717) is 18.8 Å². The lowest BCUT2D eigenvalue weighted by Crippen LogP contribution is -2.15. The van der Waals surface area contributed by atoms with Crippen LogP contribution >= 0.6 is 0 Å². The smallest absolute Gasteiger partial charge is 0.183 e. The number of carbonyl (C=O) groups excluding carboxylic acids is 1. The first-order chi connectivity index (χ1) is 8.00. The lowest BCUT2D eigenvalue weighted by Gasteiger charge is -2.12. The zero-order valence-corrected chi connectivity index (χ0v) is 10.6. The number of nitrogens with zero attached hydrogens (tertiary/aromatic N) is 1. The van der Waals surface area contributed by atoms with Gasteiger partial charge in [0.1, 0.15) is 5.41 Å². The molecule has 0 atom stereocenters. The molecule has 88 valence electrons. The SMILES string of the molecule is Cc1ccc(C(C)C)cc1C(=O)C1(C#N)CC1. The maximum absolute atomic E-state index is 12.3. The van der Waals surface area contributed by atoms with Gasteiger partial charge in [0, 0.05) is 5.56 Å². The lowest BCUT2D eigenvalue weighted by atomic mass is 9.90. The summed E-state index contributed by atoms with van der Waals surface area (Å²) in [7, 11) is 0. The van der Waals surface area contributed by atoms with E-state index in [2.05, 4.69) is 26.0 Å². The van der Waals surface area contributed by atoms with E-state index in [-0.39, 0.29) is 5.78 Å². The Balaban J connectivity index is 2.42. The average Bonchev–Trinajstić information content (AvgIpc) is 3.09. The zero-order chi connectivity index (χ0) is 12.6. The number of benzene rings is 1. The van der Waals surface area contributed by atoms with Crippen molar-refractivity contribution in [1.29, 1.82) is 5.26 Å². The highest BCUT2D eigenvalue weighted by atomic mass is 16.1. The highest BCUT2D eigenvalue weighted by molar-refractivity contribution is 6.05. The van der Waals surface area contributed by atoms with Crippen molar-refractivity contribution in [3.63, 3.8) is 0 Å². The molecule has 0 saturated heterocycles. The molecule has 0 amide bonds. The van der Waals surface area contributed by atoms with Crippen molar-refractivity contribution in [2.75, 3.05) is 0 Å². The highest BCUT2D eigenvalue weighted by Crippen LogP contribution is 2.48. The van der Waals surface area contributed by atoms with Crippen molar-refractivity contribution in [2.24, 2.45) is 5.41 Å². The standard InChI is InChI=1S/C15H17NO/c1-10(2)12-5-4-11(3)13(8-12)14(17)15(9-16)6-7-15/h4-5,8,10H,6-7H2,1-3H3. The molecule has 17 heavy (non-hydrogen) atoms. The summed E-state index contributed by atoms with van der Waals surface area (Å²) in [5.41, 5.74) is 2.16. The Morgan fingerprint density at radius 1 is 1.41 bits per heavy atom. The van der Waals surface area contributed by atoms with Crippen molar-refractivity contribution in [3.05, 3.63) is 34.9 Å². The number of Topliss-reactive ketones (excluding diaryl/α,β-unsaturated/α-hetero) is 1. The molecule has 0 aliphatic heterocycles. The Kier molecular flexibility index (Phi) is 2.79. The van der Waals surface area contributed by atoms with Gasteiger partial charge in [0.05, 0.1) is 6.07 Å². The van der Waals surface area contributed by atoms with Crippen molar-refractivity contribution >= 4 is 5.78 Å². The number of hydrogen-bond acceptors (Lipinski definition) is 2. The van der Waals surface area contributed by atoms with Crippen LogP contribution in [0.4, 0.5) is 0 Å². The van der Waals surface area contributed by atoms with Gasteiger partial charge >= 0.3 is 0 Å². The molecule has 1 saturated carbocycles. The monoisotopic (exact) mass is 227 g/mol. The first-order valence-corrected chi connectivity index (χ1v) is 6.07. The molecule has 0 radical (unpaired) electrons. The zero-order valence-electron chi connectivity index (χ0n) is 10.6. The molecule has 1 aromatic rings. The fraction of sp³-hybridized carbons (Fsp3) is 0.467. The molecule has 1 aliphatic rings. The molecule has 1 aromatic carbocycles. The molecule has 0 heterocycles. The second kappa shape index (κ2) is 4.00. The molecular formula is C15H17NO. The van der Waals surface area contributed by atoms with Crippen LogP contribution in [0.25, 0.3) is 0 Å². The first-order valence-electron chi connectivity index (χ1n) is 6.07. The molecule has 2 rings (SSSR count). The molecule has 0 spiro atoms. The Bertz CT molecular complexity index is 504. The summed E-state index contributed by atoms with van der Waals surface area (Å²) < 4.78 is 0. The first kappa shape index (κ1) is 11.9. The van der Waals surface area contributed by atoms with Crippen LogP contribution in [0.3, 0.4) is 0 Å². The van der Waals surface area contributed by atoms with Crippen LogP contribution in [0.1, 0.15) is 54.1 Å². The molecule has 2 nitrogen and oxygen atoms in total. The topological polar surface area (TPSA) is 40.9 Å². The molecule has 0 bridgehead atoms. The van der Waals surface area contributed by atoms with E-state index in [1.165, 1.54) is 0 Å². The van der Waals surface area contributed by atoms with Crippen LogP contribution < -0.4 is 0 Å². The molecular weight excluding hydrogens is 210 g/mol. The number of nitriles is 1. The van der Waals surface area contributed by atoms with Crippen molar-refractivity contribution in [2.45, 2.75) is 39.5 Å². The quantitative estimate of drug-likeness (QED) is 0.740. The third-order valence-electron chi connectivity index (χ3n) is 3.57. The number of hydrogen-bond donors (Lipinski definition) is 0. The largest absolute Gasteiger partial charge is 0.292 e. The van der Waals surface area contributed by atoms with Crippen LogP contribution in [-0.2, 0) is 0 Å². The molecule has 2 heteroatoms. The van der Waals surface area contributed by atoms with Crippen molar-refractivity contribution < 1.29 is 4.79 Å². The van der Waals surface area contributed by atoms with Gasteiger partial charge in [-0.05, 0) is 42.9 Å². The summed E-state index contributed by atoms with van der Waals surface area (Å²) >= 11 is 0. The minimum atomic E-state index is -0.708. The van der Waals surface area contributed by atoms with Crippen LogP contribution in [-0.4, -0.2) is 5.78 Å². The van der Waals surface area contributed by atoms with Gasteiger partial charge in [-0.15, -0.1) is 0 Å². The average molecular weight is 227 g/mol. The molecule has 1 fully saturated rings. The van der Waals surface area contributed by atoms with Crippen LogP contribution in [0.5, 0.6) is 0 Å². The minimum absolute atomic E-state index is 0.0139. The number of aryl methyl sites for hydroxylation is 1. The second-order valence-electron chi connectivity index (χ2n) is 5.25. The fourth-order valence-electron chi connectivity index (χ4n) is 2.02. The maximum Gasteiger partial charge on any atom is 0.183 e. The van der Waals surface area contributed by atoms with Gasteiger partial charge in [0.15, 0.2) is 5.78 Å². The van der Waals surface area contributed by atoms with Gasteiger partial charge in [0.2, 0.25) is 0 Å². The Hall–Kier alpha value is -1.62. The van der Waals surface area contributed by atoms with Gasteiger partial charge in [-0.3, -0.25) is 4.79 Å². The summed E-state index contributed by atoms with van der Waals surface area (Å²) in [5, 5.41) is 9.09. The van der Waals surface area contributed by atoms with Crippen molar-refractivity contribution in [1.82, 2.24) is 0 Å². The van der Waals surface area contributed by atoms with E-state index in [1.54, 1.807) is 0 Å². The summed E-state index contributed by atoms with van der Waals surface area (Å²) in [4.78, 5) is 12.3. The van der Waals surface area contributed by atoms with Gasteiger partial charge in [-0.25, -0.2) is 0 Å². The lowest BCUT2D eigenvalue weighted by molar-refractivity contribution is 0.0934. The normalized spacial score (nSPS) is 16.6. The summed E-state index contributed by atoms with van der Waals surface area (Å²) in [6.45, 7) is 6.15. The van der Waals surface area contributed by atoms with E-state index in [1.807, 2.05) is 19.1 Å². The van der Waals surface area contributed by atoms with E-state index in [4.69, 9.17) is 5.26 Å². The fourth-order valence-corrected chi connectivity index (χ4v) is 2.02. The molecule has 0 aromatic heterocycles. The number of carbonyl (C=O) groups is 1. The van der Waals surface area contributed by atoms with E-state index >= 15 is 0 Å². The number of rotatable bonds is 3. The van der Waals surface area contributed by atoms with Gasteiger partial charge < -0.3 is 0 Å².